The first-order valence-electron chi connectivity index (χ1n) is 7.69. The molecular weight excluding hydrogens is 276 g/mol. The van der Waals surface area contributed by atoms with Crippen LogP contribution in [0.5, 0.6) is 0 Å². The van der Waals surface area contributed by atoms with Crippen molar-refractivity contribution in [2.75, 3.05) is 24.6 Å². The molecule has 3 atom stereocenters. The second kappa shape index (κ2) is 6.43. The van der Waals surface area contributed by atoms with E-state index in [9.17, 15) is 13.2 Å². The SMILES string of the molecule is CCN(C(=O)C1CCS(=O)(=O)C1)C1CCCCC1CN. The Kier molecular flexibility index (Phi) is 5.07. The quantitative estimate of drug-likeness (QED) is 0.832. The highest BCUT2D eigenvalue weighted by Crippen LogP contribution is 2.30. The Morgan fingerprint density at radius 3 is 2.50 bits per heavy atom. The molecule has 1 aliphatic carbocycles. The number of sulfone groups is 1. The van der Waals surface area contributed by atoms with Gasteiger partial charge in [0.1, 0.15) is 0 Å². The number of amides is 1. The molecule has 1 saturated carbocycles. The predicted molar refractivity (Wildman–Crippen MR) is 78.9 cm³/mol. The summed E-state index contributed by atoms with van der Waals surface area (Å²) in [6.07, 6.45) is 4.88. The highest BCUT2D eigenvalue weighted by molar-refractivity contribution is 7.91. The first-order valence-corrected chi connectivity index (χ1v) is 9.51. The summed E-state index contributed by atoms with van der Waals surface area (Å²) in [5.74, 6) is 0.249. The first kappa shape index (κ1) is 15.8. The zero-order valence-electron chi connectivity index (χ0n) is 12.3. The van der Waals surface area contributed by atoms with E-state index in [2.05, 4.69) is 0 Å². The van der Waals surface area contributed by atoms with E-state index in [0.717, 1.165) is 19.3 Å². The summed E-state index contributed by atoms with van der Waals surface area (Å²) in [5, 5.41) is 0. The van der Waals surface area contributed by atoms with Crippen LogP contribution in [0.3, 0.4) is 0 Å². The minimum Gasteiger partial charge on any atom is -0.339 e. The van der Waals surface area contributed by atoms with Gasteiger partial charge in [0.25, 0.3) is 0 Å². The smallest absolute Gasteiger partial charge is 0.226 e. The third-order valence-corrected chi connectivity index (χ3v) is 6.55. The molecule has 0 aromatic carbocycles. The van der Waals surface area contributed by atoms with Crippen LogP contribution in [0, 0.1) is 11.8 Å². The molecule has 1 amide bonds. The van der Waals surface area contributed by atoms with E-state index in [1.54, 1.807) is 0 Å². The Morgan fingerprint density at radius 2 is 1.95 bits per heavy atom. The lowest BCUT2D eigenvalue weighted by molar-refractivity contribution is -0.138. The highest BCUT2D eigenvalue weighted by atomic mass is 32.2. The van der Waals surface area contributed by atoms with Crippen LogP contribution in [0.2, 0.25) is 0 Å². The van der Waals surface area contributed by atoms with Crippen molar-refractivity contribution in [2.24, 2.45) is 17.6 Å². The predicted octanol–water partition coefficient (Wildman–Crippen LogP) is 0.787. The molecule has 3 unspecified atom stereocenters. The standard InChI is InChI=1S/C14H26N2O3S/c1-2-16(13-6-4-3-5-11(13)9-15)14(17)12-7-8-20(18,19)10-12/h11-13H,2-10,15H2,1H3. The minimum atomic E-state index is -3.00. The second-order valence-electron chi connectivity index (χ2n) is 6.07. The first-order chi connectivity index (χ1) is 9.48. The van der Waals surface area contributed by atoms with Crippen LogP contribution in [-0.4, -0.2) is 49.9 Å². The van der Waals surface area contributed by atoms with Gasteiger partial charge >= 0.3 is 0 Å². The normalized spacial score (nSPS) is 33.0. The Labute approximate surface area is 121 Å². The summed E-state index contributed by atoms with van der Waals surface area (Å²) >= 11 is 0. The Balaban J connectivity index is 2.09. The van der Waals surface area contributed by atoms with E-state index < -0.39 is 9.84 Å². The van der Waals surface area contributed by atoms with Gasteiger partial charge in [-0.1, -0.05) is 12.8 Å². The van der Waals surface area contributed by atoms with Crippen LogP contribution in [0.25, 0.3) is 0 Å². The average Bonchev–Trinajstić information content (AvgIpc) is 2.80. The largest absolute Gasteiger partial charge is 0.339 e. The van der Waals surface area contributed by atoms with E-state index in [-0.39, 0.29) is 29.4 Å². The number of carbonyl (C=O) groups is 1. The topological polar surface area (TPSA) is 80.5 Å². The summed E-state index contributed by atoms with van der Waals surface area (Å²) in [4.78, 5) is 14.6. The summed E-state index contributed by atoms with van der Waals surface area (Å²) in [7, 11) is -3.00. The van der Waals surface area contributed by atoms with Gasteiger partial charge in [0, 0.05) is 12.6 Å². The molecule has 0 radical (unpaired) electrons. The van der Waals surface area contributed by atoms with Crippen molar-refractivity contribution in [1.29, 1.82) is 0 Å². The van der Waals surface area contributed by atoms with E-state index in [1.165, 1.54) is 6.42 Å². The van der Waals surface area contributed by atoms with Gasteiger partial charge in [-0.15, -0.1) is 0 Å². The van der Waals surface area contributed by atoms with Crippen LogP contribution in [-0.2, 0) is 14.6 Å². The van der Waals surface area contributed by atoms with Crippen LogP contribution in [0.4, 0.5) is 0 Å². The molecule has 2 N–H and O–H groups in total. The lowest BCUT2D eigenvalue weighted by atomic mass is 9.83. The maximum atomic E-state index is 12.6. The number of hydrogen-bond donors (Lipinski definition) is 1. The van der Waals surface area contributed by atoms with Gasteiger partial charge in [0.05, 0.1) is 17.4 Å². The lowest BCUT2D eigenvalue weighted by Gasteiger charge is -2.40. The molecule has 2 rings (SSSR count). The zero-order chi connectivity index (χ0) is 14.8. The maximum Gasteiger partial charge on any atom is 0.226 e. The van der Waals surface area contributed by atoms with Crippen LogP contribution in [0.1, 0.15) is 39.0 Å². The number of nitrogens with zero attached hydrogens (tertiary/aromatic N) is 1. The molecule has 6 heteroatoms. The molecule has 0 spiro atoms. The van der Waals surface area contributed by atoms with Crippen LogP contribution in [0.15, 0.2) is 0 Å². The fourth-order valence-corrected chi connectivity index (χ4v) is 5.38. The van der Waals surface area contributed by atoms with Crippen molar-refractivity contribution in [1.82, 2.24) is 4.90 Å². The summed E-state index contributed by atoms with van der Waals surface area (Å²) in [5.41, 5.74) is 5.85. The van der Waals surface area contributed by atoms with Crippen molar-refractivity contribution in [2.45, 2.75) is 45.1 Å². The summed E-state index contributed by atoms with van der Waals surface area (Å²) in [6.45, 7) is 3.23. The molecule has 0 aromatic rings. The molecule has 20 heavy (non-hydrogen) atoms. The Bertz CT molecular complexity index is 449. The van der Waals surface area contributed by atoms with Crippen molar-refractivity contribution >= 4 is 15.7 Å². The van der Waals surface area contributed by atoms with E-state index in [1.807, 2.05) is 11.8 Å². The van der Waals surface area contributed by atoms with Crippen molar-refractivity contribution in [3.8, 4) is 0 Å². The lowest BCUT2D eigenvalue weighted by Crippen LogP contribution is -2.50. The third kappa shape index (κ3) is 3.34. The molecule has 1 aliphatic heterocycles. The molecular formula is C14H26N2O3S. The molecule has 1 heterocycles. The highest BCUT2D eigenvalue weighted by Gasteiger charge is 2.39. The van der Waals surface area contributed by atoms with Gasteiger partial charge in [0.2, 0.25) is 5.91 Å². The monoisotopic (exact) mass is 302 g/mol. The molecule has 2 aliphatic rings. The molecule has 5 nitrogen and oxygen atoms in total. The summed E-state index contributed by atoms with van der Waals surface area (Å²) < 4.78 is 23.1. The fourth-order valence-electron chi connectivity index (χ4n) is 3.65. The number of hydrogen-bond acceptors (Lipinski definition) is 4. The van der Waals surface area contributed by atoms with Gasteiger partial charge in [-0.2, -0.15) is 0 Å². The van der Waals surface area contributed by atoms with E-state index in [0.29, 0.717) is 25.4 Å². The Hall–Kier alpha value is -0.620. The minimum absolute atomic E-state index is 0.0268. The molecule has 0 bridgehead atoms. The number of nitrogens with two attached hydrogens (primary N) is 1. The number of rotatable bonds is 4. The van der Waals surface area contributed by atoms with E-state index in [4.69, 9.17) is 5.73 Å². The molecule has 2 fully saturated rings. The van der Waals surface area contributed by atoms with Gasteiger partial charge in [0.15, 0.2) is 9.84 Å². The van der Waals surface area contributed by atoms with Crippen LogP contribution >= 0.6 is 0 Å². The van der Waals surface area contributed by atoms with Gasteiger partial charge in [-0.3, -0.25) is 4.79 Å². The third-order valence-electron chi connectivity index (χ3n) is 4.78. The molecule has 0 aromatic heterocycles. The van der Waals surface area contributed by atoms with Gasteiger partial charge in [-0.05, 0) is 38.6 Å². The fraction of sp³-hybridized carbons (Fsp3) is 0.929. The van der Waals surface area contributed by atoms with Gasteiger partial charge in [-0.25, -0.2) is 8.42 Å². The number of carbonyl (C=O) groups excluding carboxylic acids is 1. The molecule has 1 saturated heterocycles. The van der Waals surface area contributed by atoms with Gasteiger partial charge < -0.3 is 10.6 Å². The zero-order valence-corrected chi connectivity index (χ0v) is 13.1. The second-order valence-corrected chi connectivity index (χ2v) is 8.30. The van der Waals surface area contributed by atoms with Crippen molar-refractivity contribution in [3.63, 3.8) is 0 Å². The average molecular weight is 302 g/mol. The Morgan fingerprint density at radius 1 is 1.25 bits per heavy atom. The van der Waals surface area contributed by atoms with Crippen molar-refractivity contribution in [3.05, 3.63) is 0 Å². The van der Waals surface area contributed by atoms with E-state index >= 15 is 0 Å². The van der Waals surface area contributed by atoms with Crippen LogP contribution < -0.4 is 5.73 Å². The molecule has 116 valence electrons. The maximum absolute atomic E-state index is 12.6. The van der Waals surface area contributed by atoms with Crippen molar-refractivity contribution < 1.29 is 13.2 Å². The summed E-state index contributed by atoms with van der Waals surface area (Å²) in [6, 6.07) is 0.203.